The number of methoxy groups -OCH3 is 1. The number of rotatable bonds is 5. The van der Waals surface area contributed by atoms with Crippen molar-refractivity contribution in [2.45, 2.75) is 6.61 Å². The van der Waals surface area contributed by atoms with Crippen LogP contribution in [0.15, 0.2) is 67.0 Å². The van der Waals surface area contributed by atoms with Crippen molar-refractivity contribution in [1.29, 1.82) is 0 Å². The molecule has 0 fully saturated rings. The van der Waals surface area contributed by atoms with Gasteiger partial charge in [0.1, 0.15) is 12.4 Å². The van der Waals surface area contributed by atoms with Crippen molar-refractivity contribution in [3.63, 3.8) is 0 Å². The third-order valence-electron chi connectivity index (χ3n) is 3.44. The summed E-state index contributed by atoms with van der Waals surface area (Å²) in [7, 11) is 1.60. The maximum absolute atomic E-state index is 13.9. The molecule has 0 atom stereocenters. The van der Waals surface area contributed by atoms with Crippen molar-refractivity contribution >= 4 is 0 Å². The van der Waals surface area contributed by atoms with Crippen LogP contribution in [0.1, 0.15) is 5.56 Å². The lowest BCUT2D eigenvalue weighted by Gasteiger charge is -2.11. The van der Waals surface area contributed by atoms with Gasteiger partial charge in [-0.05, 0) is 24.3 Å². The van der Waals surface area contributed by atoms with Crippen LogP contribution >= 0.6 is 0 Å². The van der Waals surface area contributed by atoms with Crippen LogP contribution in [0, 0.1) is 5.82 Å². The molecule has 0 aliphatic rings. The lowest BCUT2D eigenvalue weighted by atomic mass is 10.1. The molecule has 0 aliphatic heterocycles. The summed E-state index contributed by atoms with van der Waals surface area (Å²) in [6.07, 6.45) is 3.35. The molecule has 0 unspecified atom stereocenters. The molecule has 23 heavy (non-hydrogen) atoms. The highest BCUT2D eigenvalue weighted by atomic mass is 19.1. The van der Waals surface area contributed by atoms with Gasteiger partial charge in [0.05, 0.1) is 7.11 Å². The predicted molar refractivity (Wildman–Crippen MR) is 87.0 cm³/mol. The van der Waals surface area contributed by atoms with Crippen molar-refractivity contribution < 1.29 is 13.9 Å². The minimum absolute atomic E-state index is 0.267. The lowest BCUT2D eigenvalue weighted by Crippen LogP contribution is -1.98. The molecule has 1 heterocycles. The maximum Gasteiger partial charge on any atom is 0.161 e. The van der Waals surface area contributed by atoms with E-state index >= 15 is 0 Å². The Kier molecular flexibility index (Phi) is 4.52. The number of ether oxygens (including phenoxy) is 2. The molecule has 0 spiro atoms. The largest absolute Gasteiger partial charge is 0.493 e. The van der Waals surface area contributed by atoms with Crippen molar-refractivity contribution in [2.24, 2.45) is 0 Å². The number of pyridine rings is 1. The fraction of sp³-hybridized carbons (Fsp3) is 0.105. The number of hydrogen-bond donors (Lipinski definition) is 0. The minimum Gasteiger partial charge on any atom is -0.493 e. The molecule has 1 aromatic heterocycles. The first-order chi connectivity index (χ1) is 11.3. The normalized spacial score (nSPS) is 10.3. The molecule has 3 rings (SSSR count). The quantitative estimate of drug-likeness (QED) is 0.696. The van der Waals surface area contributed by atoms with Crippen LogP contribution in [0.5, 0.6) is 11.5 Å². The average Bonchev–Trinajstić information content (AvgIpc) is 2.61. The van der Waals surface area contributed by atoms with Crippen LogP contribution in [0.4, 0.5) is 4.39 Å². The second-order valence-corrected chi connectivity index (χ2v) is 5.00. The molecule has 0 radical (unpaired) electrons. The first kappa shape index (κ1) is 15.0. The van der Waals surface area contributed by atoms with E-state index in [1.165, 1.54) is 6.07 Å². The highest BCUT2D eigenvalue weighted by molar-refractivity contribution is 5.63. The SMILES string of the molecule is COc1ccccc1OCc1cncc(-c2ccccc2F)c1. The Morgan fingerprint density at radius 1 is 0.957 bits per heavy atom. The van der Waals surface area contributed by atoms with Crippen molar-refractivity contribution in [2.75, 3.05) is 7.11 Å². The maximum atomic E-state index is 13.9. The Morgan fingerprint density at radius 2 is 1.70 bits per heavy atom. The third kappa shape index (κ3) is 3.48. The monoisotopic (exact) mass is 309 g/mol. The summed E-state index contributed by atoms with van der Waals surface area (Å²) in [6.45, 7) is 0.329. The van der Waals surface area contributed by atoms with E-state index in [1.54, 1.807) is 37.7 Å². The van der Waals surface area contributed by atoms with Crippen LogP contribution < -0.4 is 9.47 Å². The van der Waals surface area contributed by atoms with Gasteiger partial charge in [0, 0.05) is 29.1 Å². The summed E-state index contributed by atoms with van der Waals surface area (Å²) < 4.78 is 24.9. The minimum atomic E-state index is -0.267. The molecule has 116 valence electrons. The second-order valence-electron chi connectivity index (χ2n) is 5.00. The topological polar surface area (TPSA) is 31.4 Å². The van der Waals surface area contributed by atoms with Crippen LogP contribution in [0.25, 0.3) is 11.1 Å². The van der Waals surface area contributed by atoms with E-state index in [2.05, 4.69) is 4.98 Å². The zero-order valence-electron chi connectivity index (χ0n) is 12.7. The van der Waals surface area contributed by atoms with E-state index < -0.39 is 0 Å². The Bertz CT molecular complexity index is 805. The Hall–Kier alpha value is -2.88. The second kappa shape index (κ2) is 6.92. The van der Waals surface area contributed by atoms with E-state index in [9.17, 15) is 4.39 Å². The lowest BCUT2D eigenvalue weighted by molar-refractivity contribution is 0.284. The number of halogens is 1. The van der Waals surface area contributed by atoms with Crippen molar-refractivity contribution in [3.8, 4) is 22.6 Å². The molecule has 0 amide bonds. The molecule has 4 heteroatoms. The molecule has 2 aromatic carbocycles. The van der Waals surface area contributed by atoms with E-state index in [0.29, 0.717) is 23.7 Å². The molecule has 0 saturated carbocycles. The zero-order chi connectivity index (χ0) is 16.1. The molecule has 0 N–H and O–H groups in total. The van der Waals surface area contributed by atoms with Gasteiger partial charge in [-0.3, -0.25) is 4.98 Å². The molecule has 3 nitrogen and oxygen atoms in total. The summed E-state index contributed by atoms with van der Waals surface area (Å²) in [4.78, 5) is 4.18. The van der Waals surface area contributed by atoms with Gasteiger partial charge in [-0.15, -0.1) is 0 Å². The highest BCUT2D eigenvalue weighted by Gasteiger charge is 2.07. The molecule has 0 aliphatic carbocycles. The van der Waals surface area contributed by atoms with Gasteiger partial charge in [0.25, 0.3) is 0 Å². The number of benzene rings is 2. The zero-order valence-corrected chi connectivity index (χ0v) is 12.7. The van der Waals surface area contributed by atoms with E-state index in [0.717, 1.165) is 11.1 Å². The molecular formula is C19H16FNO2. The van der Waals surface area contributed by atoms with Gasteiger partial charge in [-0.2, -0.15) is 0 Å². The van der Waals surface area contributed by atoms with Gasteiger partial charge in [-0.25, -0.2) is 4.39 Å². The summed E-state index contributed by atoms with van der Waals surface area (Å²) in [5.41, 5.74) is 2.11. The fourth-order valence-corrected chi connectivity index (χ4v) is 2.31. The summed E-state index contributed by atoms with van der Waals surface area (Å²) in [5.74, 6) is 1.06. The first-order valence-electron chi connectivity index (χ1n) is 7.22. The molecule has 0 saturated heterocycles. The summed E-state index contributed by atoms with van der Waals surface area (Å²) in [5, 5.41) is 0. The Labute approximate surface area is 134 Å². The predicted octanol–water partition coefficient (Wildman–Crippen LogP) is 4.48. The molecule has 3 aromatic rings. The van der Waals surface area contributed by atoms with E-state index in [4.69, 9.17) is 9.47 Å². The van der Waals surface area contributed by atoms with Gasteiger partial charge < -0.3 is 9.47 Å². The third-order valence-corrected chi connectivity index (χ3v) is 3.44. The van der Waals surface area contributed by atoms with Crippen LogP contribution in [0.2, 0.25) is 0 Å². The standard InChI is InChI=1S/C19H16FNO2/c1-22-18-8-4-5-9-19(18)23-13-14-10-15(12-21-11-14)16-6-2-3-7-17(16)20/h2-12H,13H2,1H3. The number of nitrogens with zero attached hydrogens (tertiary/aromatic N) is 1. The number of para-hydroxylation sites is 2. The van der Waals surface area contributed by atoms with Crippen LogP contribution in [0.3, 0.4) is 0 Å². The van der Waals surface area contributed by atoms with Crippen molar-refractivity contribution in [1.82, 2.24) is 4.98 Å². The van der Waals surface area contributed by atoms with Gasteiger partial charge in [-0.1, -0.05) is 30.3 Å². The van der Waals surface area contributed by atoms with E-state index in [-0.39, 0.29) is 5.82 Å². The fourth-order valence-electron chi connectivity index (χ4n) is 2.31. The first-order valence-corrected chi connectivity index (χ1v) is 7.22. The number of aromatic nitrogens is 1. The van der Waals surface area contributed by atoms with Gasteiger partial charge in [0.15, 0.2) is 11.5 Å². The van der Waals surface area contributed by atoms with E-state index in [1.807, 2.05) is 30.3 Å². The Balaban J connectivity index is 1.80. The summed E-state index contributed by atoms with van der Waals surface area (Å²) >= 11 is 0. The van der Waals surface area contributed by atoms with Crippen molar-refractivity contribution in [3.05, 3.63) is 78.4 Å². The number of hydrogen-bond acceptors (Lipinski definition) is 3. The smallest absolute Gasteiger partial charge is 0.161 e. The van der Waals surface area contributed by atoms with Gasteiger partial charge in [0.2, 0.25) is 0 Å². The molecule has 0 bridgehead atoms. The molecular weight excluding hydrogens is 293 g/mol. The highest BCUT2D eigenvalue weighted by Crippen LogP contribution is 2.27. The van der Waals surface area contributed by atoms with Gasteiger partial charge >= 0.3 is 0 Å². The average molecular weight is 309 g/mol. The van der Waals surface area contributed by atoms with Crippen LogP contribution in [-0.2, 0) is 6.61 Å². The summed E-state index contributed by atoms with van der Waals surface area (Å²) in [6, 6.07) is 16.0. The van der Waals surface area contributed by atoms with Crippen LogP contribution in [-0.4, -0.2) is 12.1 Å². The Morgan fingerprint density at radius 3 is 2.48 bits per heavy atom.